The van der Waals surface area contributed by atoms with Crippen molar-refractivity contribution in [2.24, 2.45) is 0 Å². The number of halogens is 1. The second kappa shape index (κ2) is 10.3. The first-order chi connectivity index (χ1) is 14.1. The highest BCUT2D eigenvalue weighted by atomic mass is 35.5. The summed E-state index contributed by atoms with van der Waals surface area (Å²) in [5.41, 5.74) is 0.434. The first-order valence-electron chi connectivity index (χ1n) is 9.64. The van der Waals surface area contributed by atoms with Gasteiger partial charge in [0.1, 0.15) is 12.3 Å². The quantitative estimate of drug-likeness (QED) is 0.584. The van der Waals surface area contributed by atoms with Crippen molar-refractivity contribution in [2.75, 3.05) is 26.2 Å². The molecule has 1 aliphatic rings. The average Bonchev–Trinajstić information content (AvgIpc) is 3.41. The van der Waals surface area contributed by atoms with Crippen molar-refractivity contribution in [1.29, 1.82) is 0 Å². The van der Waals surface area contributed by atoms with Gasteiger partial charge in [0, 0.05) is 30.3 Å². The summed E-state index contributed by atoms with van der Waals surface area (Å²) in [6, 6.07) is 10.3. The summed E-state index contributed by atoms with van der Waals surface area (Å²) < 4.78 is 11.1. The van der Waals surface area contributed by atoms with E-state index < -0.39 is 0 Å². The topological polar surface area (TPSA) is 63.0 Å². The fourth-order valence-corrected chi connectivity index (χ4v) is 3.51. The highest BCUT2D eigenvalue weighted by molar-refractivity contribution is 6.31. The zero-order valence-electron chi connectivity index (χ0n) is 16.3. The van der Waals surface area contributed by atoms with Crippen LogP contribution in [0.1, 0.15) is 29.0 Å². The van der Waals surface area contributed by atoms with E-state index in [1.165, 1.54) is 4.90 Å². The van der Waals surface area contributed by atoms with E-state index in [0.717, 1.165) is 12.8 Å². The fraction of sp³-hybridized carbons (Fsp3) is 0.364. The summed E-state index contributed by atoms with van der Waals surface area (Å²) in [4.78, 5) is 29.2. The molecule has 0 N–H and O–H groups in total. The molecular weight excluding hydrogens is 392 g/mol. The molecule has 0 bridgehead atoms. The minimum absolute atomic E-state index is 0.00500. The third-order valence-electron chi connectivity index (χ3n) is 4.76. The lowest BCUT2D eigenvalue weighted by molar-refractivity contribution is -0.134. The molecule has 7 heteroatoms. The molecule has 2 heterocycles. The minimum atomic E-state index is -0.268. The highest BCUT2D eigenvalue weighted by Gasteiger charge is 2.26. The predicted molar refractivity (Wildman–Crippen MR) is 111 cm³/mol. The van der Waals surface area contributed by atoms with Gasteiger partial charge in [-0.1, -0.05) is 23.7 Å². The molecule has 1 fully saturated rings. The average molecular weight is 417 g/mol. The van der Waals surface area contributed by atoms with Crippen molar-refractivity contribution in [3.05, 3.63) is 71.7 Å². The van der Waals surface area contributed by atoms with Gasteiger partial charge in [-0.2, -0.15) is 0 Å². The van der Waals surface area contributed by atoms with Crippen molar-refractivity contribution in [2.45, 2.75) is 25.5 Å². The molecule has 154 valence electrons. The third kappa shape index (κ3) is 5.95. The van der Waals surface area contributed by atoms with Gasteiger partial charge in [0.2, 0.25) is 5.91 Å². The zero-order valence-corrected chi connectivity index (χ0v) is 17.0. The summed E-state index contributed by atoms with van der Waals surface area (Å²) in [5.74, 6) is 0.248. The molecule has 1 aliphatic heterocycles. The molecule has 0 radical (unpaired) electrons. The minimum Gasteiger partial charge on any atom is -0.467 e. The molecule has 2 amide bonds. The summed E-state index contributed by atoms with van der Waals surface area (Å²) in [6.45, 7) is 5.41. The number of benzene rings is 1. The normalized spacial score (nSPS) is 15.8. The number of carbonyl (C=O) groups excluding carboxylic acids is 2. The molecule has 0 unspecified atom stereocenters. The van der Waals surface area contributed by atoms with Crippen LogP contribution in [0.25, 0.3) is 0 Å². The molecule has 29 heavy (non-hydrogen) atoms. The van der Waals surface area contributed by atoms with Crippen LogP contribution in [0.5, 0.6) is 0 Å². The van der Waals surface area contributed by atoms with Crippen LogP contribution in [0.15, 0.2) is 59.7 Å². The molecule has 1 atom stereocenters. The van der Waals surface area contributed by atoms with Crippen molar-refractivity contribution < 1.29 is 18.7 Å². The number of rotatable bonds is 9. The fourth-order valence-electron chi connectivity index (χ4n) is 3.32. The number of nitrogens with zero attached hydrogens (tertiary/aromatic N) is 2. The number of carbonyl (C=O) groups is 2. The Kier molecular flexibility index (Phi) is 7.49. The standard InChI is InChI=1S/C22H25ClN2O4/c1-2-10-24(22(27)17-6-3-7-18(23)13-17)16-21(26)25(14-19-8-4-11-28-19)15-20-9-5-12-29-20/h2-4,6-8,11,13,20H,1,5,9-10,12,14-16H2/t20-/m0/s1. The molecule has 3 rings (SSSR count). The summed E-state index contributed by atoms with van der Waals surface area (Å²) in [5, 5.41) is 0.471. The van der Waals surface area contributed by atoms with Gasteiger partial charge in [-0.3, -0.25) is 9.59 Å². The van der Waals surface area contributed by atoms with Crippen LogP contribution in [-0.4, -0.2) is 54.0 Å². The van der Waals surface area contributed by atoms with Gasteiger partial charge in [0.05, 0.1) is 18.9 Å². The van der Waals surface area contributed by atoms with Gasteiger partial charge >= 0.3 is 0 Å². The highest BCUT2D eigenvalue weighted by Crippen LogP contribution is 2.17. The second-order valence-corrected chi connectivity index (χ2v) is 7.41. The first-order valence-corrected chi connectivity index (χ1v) is 10.0. The van der Waals surface area contributed by atoms with Crippen molar-refractivity contribution in [3.8, 4) is 0 Å². The number of ether oxygens (including phenoxy) is 1. The lowest BCUT2D eigenvalue weighted by Gasteiger charge is -2.28. The number of hydrogen-bond acceptors (Lipinski definition) is 4. The Morgan fingerprint density at radius 2 is 2.10 bits per heavy atom. The largest absolute Gasteiger partial charge is 0.467 e. The summed E-state index contributed by atoms with van der Waals surface area (Å²) >= 11 is 6.01. The van der Waals surface area contributed by atoms with Gasteiger partial charge < -0.3 is 19.0 Å². The van der Waals surface area contributed by atoms with Crippen LogP contribution in [0.2, 0.25) is 5.02 Å². The van der Waals surface area contributed by atoms with Crippen LogP contribution >= 0.6 is 11.6 Å². The van der Waals surface area contributed by atoms with E-state index in [9.17, 15) is 9.59 Å². The van der Waals surface area contributed by atoms with Gasteiger partial charge in [0.25, 0.3) is 5.91 Å². The maximum absolute atomic E-state index is 13.1. The van der Waals surface area contributed by atoms with Gasteiger partial charge in [0.15, 0.2) is 0 Å². The predicted octanol–water partition coefficient (Wildman–Crippen LogP) is 3.77. The SMILES string of the molecule is C=CCN(CC(=O)N(Cc1ccco1)C[C@@H]1CCCO1)C(=O)c1cccc(Cl)c1. The Morgan fingerprint density at radius 1 is 1.24 bits per heavy atom. The number of furan rings is 1. The van der Waals surface area contributed by atoms with Gasteiger partial charge in [-0.05, 0) is 43.2 Å². The Morgan fingerprint density at radius 3 is 2.76 bits per heavy atom. The maximum atomic E-state index is 13.1. The molecular formula is C22H25ClN2O4. The van der Waals surface area contributed by atoms with Crippen molar-refractivity contribution >= 4 is 23.4 Å². The smallest absolute Gasteiger partial charge is 0.254 e. The summed E-state index contributed by atoms with van der Waals surface area (Å²) in [7, 11) is 0. The molecule has 1 saturated heterocycles. The second-order valence-electron chi connectivity index (χ2n) is 6.97. The molecule has 2 aromatic rings. The van der Waals surface area contributed by atoms with E-state index in [1.54, 1.807) is 47.6 Å². The van der Waals surface area contributed by atoms with Crippen molar-refractivity contribution in [1.82, 2.24) is 9.80 Å². The van der Waals surface area contributed by atoms with E-state index in [0.29, 0.717) is 36.0 Å². The first kappa shape index (κ1) is 21.1. The van der Waals surface area contributed by atoms with Crippen LogP contribution in [0.3, 0.4) is 0 Å². The lowest BCUT2D eigenvalue weighted by Crippen LogP contribution is -2.45. The van der Waals surface area contributed by atoms with Crippen LogP contribution in [0.4, 0.5) is 0 Å². The Balaban J connectivity index is 1.73. The Bertz CT molecular complexity index is 831. The van der Waals surface area contributed by atoms with E-state index in [2.05, 4.69) is 6.58 Å². The molecule has 0 spiro atoms. The van der Waals surface area contributed by atoms with E-state index in [4.69, 9.17) is 20.8 Å². The van der Waals surface area contributed by atoms with Gasteiger partial charge in [-0.25, -0.2) is 0 Å². The Hall–Kier alpha value is -2.57. The lowest BCUT2D eigenvalue weighted by atomic mass is 10.2. The molecule has 1 aromatic carbocycles. The van der Waals surface area contributed by atoms with E-state index >= 15 is 0 Å². The third-order valence-corrected chi connectivity index (χ3v) is 5.00. The zero-order chi connectivity index (χ0) is 20.6. The molecule has 0 saturated carbocycles. The van der Waals surface area contributed by atoms with Gasteiger partial charge in [-0.15, -0.1) is 6.58 Å². The van der Waals surface area contributed by atoms with Crippen LogP contribution in [-0.2, 0) is 16.1 Å². The molecule has 6 nitrogen and oxygen atoms in total. The maximum Gasteiger partial charge on any atom is 0.254 e. The summed E-state index contributed by atoms with van der Waals surface area (Å²) in [6.07, 6.45) is 5.09. The van der Waals surface area contributed by atoms with Crippen LogP contribution < -0.4 is 0 Å². The van der Waals surface area contributed by atoms with Crippen LogP contribution in [0, 0.1) is 0 Å². The molecule has 1 aromatic heterocycles. The Labute approximate surface area is 175 Å². The number of hydrogen-bond donors (Lipinski definition) is 0. The monoisotopic (exact) mass is 416 g/mol. The molecule has 0 aliphatic carbocycles. The van der Waals surface area contributed by atoms with E-state index in [-0.39, 0.29) is 31.0 Å². The number of amides is 2. The van der Waals surface area contributed by atoms with E-state index in [1.807, 2.05) is 6.07 Å². The van der Waals surface area contributed by atoms with Crippen molar-refractivity contribution in [3.63, 3.8) is 0 Å².